The summed E-state index contributed by atoms with van der Waals surface area (Å²) < 4.78 is 6.45. The molecule has 1 amide bonds. The first-order valence-corrected chi connectivity index (χ1v) is 9.48. The van der Waals surface area contributed by atoms with Gasteiger partial charge in [0.05, 0.1) is 30.1 Å². The minimum absolute atomic E-state index is 0.0934. The molecule has 1 aromatic heterocycles. The van der Waals surface area contributed by atoms with Gasteiger partial charge in [0, 0.05) is 5.02 Å². The van der Waals surface area contributed by atoms with Gasteiger partial charge in [0.25, 0.3) is 5.91 Å². The summed E-state index contributed by atoms with van der Waals surface area (Å²) in [5, 5.41) is 4.47. The van der Waals surface area contributed by atoms with Crippen LogP contribution in [0, 0.1) is 0 Å². The van der Waals surface area contributed by atoms with Crippen molar-refractivity contribution in [3.05, 3.63) is 52.5 Å². The summed E-state index contributed by atoms with van der Waals surface area (Å²) in [5.41, 5.74) is 1.57. The Hall–Kier alpha value is -2.15. The zero-order valence-corrected chi connectivity index (χ0v) is 16.4. The van der Waals surface area contributed by atoms with Crippen LogP contribution in [-0.4, -0.2) is 31.1 Å². The molecule has 0 saturated carbocycles. The lowest BCUT2D eigenvalue weighted by molar-refractivity contribution is -0.907. The topological polar surface area (TPSA) is 55.7 Å². The summed E-state index contributed by atoms with van der Waals surface area (Å²) in [4.78, 5) is 18.4. The van der Waals surface area contributed by atoms with Gasteiger partial charge in [-0.15, -0.1) is 11.3 Å². The third-order valence-electron chi connectivity index (χ3n) is 4.32. The molecule has 0 aliphatic carbocycles. The van der Waals surface area contributed by atoms with E-state index in [1.807, 2.05) is 32.2 Å². The summed E-state index contributed by atoms with van der Waals surface area (Å²) in [6.07, 6.45) is 0. The number of para-hydroxylation sites is 1. The van der Waals surface area contributed by atoms with Crippen LogP contribution in [0.25, 0.3) is 10.2 Å². The van der Waals surface area contributed by atoms with Crippen LogP contribution in [0.5, 0.6) is 5.75 Å². The summed E-state index contributed by atoms with van der Waals surface area (Å²) >= 11 is 7.69. The van der Waals surface area contributed by atoms with Gasteiger partial charge in [0.15, 0.2) is 6.04 Å². The van der Waals surface area contributed by atoms with Crippen molar-refractivity contribution in [1.82, 2.24) is 4.98 Å². The Labute approximate surface area is 161 Å². The van der Waals surface area contributed by atoms with E-state index < -0.39 is 0 Å². The Bertz CT molecular complexity index is 895. The number of rotatable bonds is 6. The van der Waals surface area contributed by atoms with Crippen LogP contribution in [0.4, 0.5) is 5.69 Å². The van der Waals surface area contributed by atoms with Crippen molar-refractivity contribution in [3.63, 3.8) is 0 Å². The fourth-order valence-electron chi connectivity index (χ4n) is 2.63. The normalized spacial score (nSPS) is 13.4. The number of nitrogens with one attached hydrogen (secondary N) is 2. The van der Waals surface area contributed by atoms with Gasteiger partial charge in [-0.1, -0.05) is 23.7 Å². The summed E-state index contributed by atoms with van der Waals surface area (Å²) in [6.45, 7) is 2.58. The first kappa shape index (κ1) is 18.6. The van der Waals surface area contributed by atoms with Gasteiger partial charge in [0.1, 0.15) is 17.3 Å². The van der Waals surface area contributed by atoms with E-state index in [4.69, 9.17) is 16.3 Å². The zero-order chi connectivity index (χ0) is 18.7. The van der Waals surface area contributed by atoms with E-state index in [9.17, 15) is 4.79 Å². The number of carbonyl (C=O) groups excluding carboxylic acids is 1. The number of methoxy groups -OCH3 is 1. The molecule has 2 atom stereocenters. The second kappa shape index (κ2) is 8.03. The molecule has 7 heteroatoms. The Morgan fingerprint density at radius 2 is 2.12 bits per heavy atom. The fraction of sp³-hybridized carbons (Fsp3) is 0.263. The van der Waals surface area contributed by atoms with Crippen LogP contribution in [0.15, 0.2) is 42.5 Å². The molecule has 2 N–H and O–H groups in total. The average molecular weight is 391 g/mol. The molecule has 2 aromatic carbocycles. The van der Waals surface area contributed by atoms with Gasteiger partial charge in [-0.25, -0.2) is 4.98 Å². The number of anilines is 1. The largest absolute Gasteiger partial charge is 0.495 e. The number of fused-ring (bicyclic) bond motifs is 1. The molecule has 0 bridgehead atoms. The number of ether oxygens (including phenoxy) is 1. The van der Waals surface area contributed by atoms with E-state index in [1.165, 1.54) is 0 Å². The third-order valence-corrected chi connectivity index (χ3v) is 5.59. The van der Waals surface area contributed by atoms with Gasteiger partial charge in [-0.2, -0.15) is 0 Å². The van der Waals surface area contributed by atoms with Gasteiger partial charge < -0.3 is 15.0 Å². The molecule has 3 aromatic rings. The maximum atomic E-state index is 12.6. The van der Waals surface area contributed by atoms with Gasteiger partial charge in [0.2, 0.25) is 0 Å². The molecular weight excluding hydrogens is 370 g/mol. The molecule has 3 rings (SSSR count). The van der Waals surface area contributed by atoms with Crippen LogP contribution in [-0.2, 0) is 11.3 Å². The lowest BCUT2D eigenvalue weighted by atomic mass is 10.2. The van der Waals surface area contributed by atoms with Crippen molar-refractivity contribution in [1.29, 1.82) is 0 Å². The molecule has 0 saturated heterocycles. The lowest BCUT2D eigenvalue weighted by Crippen LogP contribution is -3.12. The van der Waals surface area contributed by atoms with Crippen LogP contribution < -0.4 is 15.0 Å². The van der Waals surface area contributed by atoms with Crippen LogP contribution in [0.1, 0.15) is 11.9 Å². The first-order valence-electron chi connectivity index (χ1n) is 8.29. The van der Waals surface area contributed by atoms with Crippen molar-refractivity contribution < 1.29 is 14.4 Å². The van der Waals surface area contributed by atoms with E-state index >= 15 is 0 Å². The number of carbonyl (C=O) groups is 1. The summed E-state index contributed by atoms with van der Waals surface area (Å²) in [7, 11) is 3.55. The Morgan fingerprint density at radius 3 is 2.85 bits per heavy atom. The monoisotopic (exact) mass is 390 g/mol. The van der Waals surface area contributed by atoms with Gasteiger partial charge in [-0.3, -0.25) is 4.79 Å². The molecule has 1 heterocycles. The molecular formula is C19H21ClN3O2S+. The highest BCUT2D eigenvalue weighted by Crippen LogP contribution is 2.27. The molecule has 0 aliphatic rings. The van der Waals surface area contributed by atoms with E-state index in [2.05, 4.69) is 16.4 Å². The Kier molecular flexibility index (Phi) is 5.76. The van der Waals surface area contributed by atoms with Crippen molar-refractivity contribution in [3.8, 4) is 5.75 Å². The maximum absolute atomic E-state index is 12.6. The molecule has 136 valence electrons. The minimum atomic E-state index is -0.259. The third kappa shape index (κ3) is 4.15. The summed E-state index contributed by atoms with van der Waals surface area (Å²) in [6, 6.07) is 13.0. The summed E-state index contributed by atoms with van der Waals surface area (Å²) in [5.74, 6) is 0.489. The van der Waals surface area contributed by atoms with Crippen LogP contribution >= 0.6 is 22.9 Å². The van der Waals surface area contributed by atoms with E-state index in [-0.39, 0.29) is 11.9 Å². The Morgan fingerprint density at radius 1 is 1.35 bits per heavy atom. The molecule has 0 spiro atoms. The SMILES string of the molecule is COc1ccc(Cl)cc1NC(=O)[C@H](C)[NH+](C)Cc1nc2ccccc2s1. The highest BCUT2D eigenvalue weighted by Gasteiger charge is 2.24. The molecule has 26 heavy (non-hydrogen) atoms. The number of nitrogens with zero attached hydrogens (tertiary/aromatic N) is 1. The molecule has 0 aliphatic heterocycles. The fourth-order valence-corrected chi connectivity index (χ4v) is 3.86. The molecule has 0 fully saturated rings. The molecule has 1 unspecified atom stereocenters. The second-order valence-electron chi connectivity index (χ2n) is 6.15. The predicted molar refractivity (Wildman–Crippen MR) is 106 cm³/mol. The smallest absolute Gasteiger partial charge is 0.282 e. The number of quaternary nitrogens is 1. The lowest BCUT2D eigenvalue weighted by Gasteiger charge is -2.20. The number of hydrogen-bond acceptors (Lipinski definition) is 4. The van der Waals surface area contributed by atoms with Crippen molar-refractivity contribution in [2.75, 3.05) is 19.5 Å². The average Bonchev–Trinajstić information content (AvgIpc) is 3.03. The number of aromatic nitrogens is 1. The van der Waals surface area contributed by atoms with Gasteiger partial charge >= 0.3 is 0 Å². The number of thiazole rings is 1. The van der Waals surface area contributed by atoms with Crippen molar-refractivity contribution in [2.24, 2.45) is 0 Å². The standard InChI is InChI=1S/C19H20ClN3O2S/c1-12(19(24)22-15-10-13(20)8-9-16(15)25-3)23(2)11-18-21-14-6-4-5-7-17(14)26-18/h4-10,12H,11H2,1-3H3,(H,22,24)/p+1/t12-/m0/s1. The van der Waals surface area contributed by atoms with E-state index in [0.29, 0.717) is 23.0 Å². The highest BCUT2D eigenvalue weighted by atomic mass is 35.5. The zero-order valence-electron chi connectivity index (χ0n) is 14.9. The van der Waals surface area contributed by atoms with Crippen molar-refractivity contribution >= 4 is 44.7 Å². The number of likely N-dealkylation sites (N-methyl/N-ethyl adjacent to an activating group) is 1. The maximum Gasteiger partial charge on any atom is 0.282 e. The van der Waals surface area contributed by atoms with Crippen molar-refractivity contribution in [2.45, 2.75) is 19.5 Å². The molecule has 5 nitrogen and oxygen atoms in total. The van der Waals surface area contributed by atoms with Gasteiger partial charge in [-0.05, 0) is 37.3 Å². The van der Waals surface area contributed by atoms with Crippen LogP contribution in [0.2, 0.25) is 5.02 Å². The quantitative estimate of drug-likeness (QED) is 0.680. The number of halogens is 1. The predicted octanol–water partition coefficient (Wildman–Crippen LogP) is 3.00. The number of benzene rings is 2. The second-order valence-corrected chi connectivity index (χ2v) is 7.71. The van der Waals surface area contributed by atoms with E-state index in [0.717, 1.165) is 20.1 Å². The van der Waals surface area contributed by atoms with E-state index in [1.54, 1.807) is 36.6 Å². The number of amides is 1. The highest BCUT2D eigenvalue weighted by molar-refractivity contribution is 7.18. The molecule has 0 radical (unpaired) electrons. The van der Waals surface area contributed by atoms with Crippen LogP contribution in [0.3, 0.4) is 0 Å². The first-order chi connectivity index (χ1) is 12.5. The Balaban J connectivity index is 1.68. The number of hydrogen-bond donors (Lipinski definition) is 2. The minimum Gasteiger partial charge on any atom is -0.495 e.